The van der Waals surface area contributed by atoms with Gasteiger partial charge in [0.05, 0.1) is 18.4 Å². The van der Waals surface area contributed by atoms with E-state index in [1.807, 2.05) is 58.9 Å². The van der Waals surface area contributed by atoms with E-state index in [9.17, 15) is 14.7 Å². The van der Waals surface area contributed by atoms with Gasteiger partial charge in [-0.25, -0.2) is 0 Å². The molecule has 0 radical (unpaired) electrons. The third kappa shape index (κ3) is 9.02. The molecule has 2 aliphatic heterocycles. The zero-order valence-electron chi connectivity index (χ0n) is 28.0. The van der Waals surface area contributed by atoms with Crippen molar-refractivity contribution in [2.45, 2.75) is 124 Å². The van der Waals surface area contributed by atoms with Crippen molar-refractivity contribution in [1.29, 1.82) is 0 Å². The number of amidine groups is 1. The Bertz CT molecular complexity index is 1140. The summed E-state index contributed by atoms with van der Waals surface area (Å²) >= 11 is 0. The molecule has 7 atom stereocenters. The van der Waals surface area contributed by atoms with Crippen molar-refractivity contribution in [3.63, 3.8) is 0 Å². The molecule has 2 heterocycles. The first-order valence-corrected chi connectivity index (χ1v) is 16.8. The number of likely N-dealkylation sites (N-methyl/N-ethyl adjacent to an activating group) is 1. The fourth-order valence-electron chi connectivity index (χ4n) is 7.50. The number of nitrogens with two attached hydrogens (primary N) is 1. The van der Waals surface area contributed by atoms with Crippen LogP contribution in [0, 0.1) is 17.8 Å². The molecule has 45 heavy (non-hydrogen) atoms. The highest BCUT2D eigenvalue weighted by Crippen LogP contribution is 2.44. The van der Waals surface area contributed by atoms with Gasteiger partial charge in [-0.3, -0.25) is 20.3 Å². The number of rotatable bonds is 8. The van der Waals surface area contributed by atoms with E-state index in [1.54, 1.807) is 7.05 Å². The Kier molecular flexibility index (Phi) is 14.9. The molecule has 4 rings (SSSR count). The van der Waals surface area contributed by atoms with Gasteiger partial charge in [-0.1, -0.05) is 83.8 Å². The van der Waals surface area contributed by atoms with Crippen LogP contribution in [-0.2, 0) is 9.59 Å². The molecule has 7 N–H and O–H groups in total. The van der Waals surface area contributed by atoms with Crippen molar-refractivity contribution in [3.05, 3.63) is 47.9 Å². The monoisotopic (exact) mass is 627 g/mol. The number of carbonyl (C=O) groups excluding carboxylic acids is 2. The van der Waals surface area contributed by atoms with E-state index in [0.29, 0.717) is 30.8 Å². The molecule has 4 aliphatic rings. The standard InChI is InChI=1S/C23H39N5O2.C12H19NO.CH4/c1-4-20(24)27-19-12-25-14(2)28-13-18(21(29)23(19,28)3)26-22(30)17-11-7-9-15-8-5-6-10-16(15)17;1-5-7-11(12(14)13-4)9-8-10(3)6-2;/h15-19,21,25,29H,2,4-13H2,1,3H3,(H2,24,27)(H,26,30);6-9H,5H2,1-4H3,(H,13,14);1H4/p+1/b;9-8-,10-6-,11-7-;/t15?,16?,17?,18?,19?,21-,23+;;/m1../s1. The molecule has 0 spiro atoms. The molecule has 9 nitrogen and oxygen atoms in total. The predicted molar refractivity (Wildman–Crippen MR) is 185 cm³/mol. The Hall–Kier alpha value is -3.07. The molecule has 2 amide bonds. The topological polar surface area (TPSA) is 134 Å². The lowest BCUT2D eigenvalue weighted by Gasteiger charge is -2.46. The molecular weight excluding hydrogens is 564 g/mol. The quantitative estimate of drug-likeness (QED) is 0.106. The van der Waals surface area contributed by atoms with Crippen molar-refractivity contribution in [3.8, 4) is 0 Å². The Labute approximate surface area is 273 Å². The van der Waals surface area contributed by atoms with Crippen molar-refractivity contribution in [2.24, 2.45) is 23.5 Å². The van der Waals surface area contributed by atoms with E-state index in [1.165, 1.54) is 32.1 Å². The molecule has 2 saturated heterocycles. The molecule has 2 aliphatic carbocycles. The van der Waals surface area contributed by atoms with Crippen molar-refractivity contribution in [2.75, 3.05) is 20.1 Å². The Morgan fingerprint density at radius 3 is 2.51 bits per heavy atom. The lowest BCUT2D eigenvalue weighted by Crippen LogP contribution is -2.92. The molecule has 2 saturated carbocycles. The average Bonchev–Trinajstić information content (AvgIpc) is 3.30. The number of hydrogen-bond acceptors (Lipinski definition) is 5. The molecule has 4 fully saturated rings. The van der Waals surface area contributed by atoms with Crippen LogP contribution in [0.2, 0.25) is 0 Å². The van der Waals surface area contributed by atoms with E-state index >= 15 is 0 Å². The number of carbonyl (C=O) groups is 2. The van der Waals surface area contributed by atoms with Gasteiger partial charge in [-0.2, -0.15) is 0 Å². The molecule has 5 unspecified atom stereocenters. The van der Waals surface area contributed by atoms with Gasteiger partial charge < -0.3 is 26.0 Å². The predicted octanol–water partition coefficient (Wildman–Crippen LogP) is 3.03. The molecular formula is C36H63N6O3+. The summed E-state index contributed by atoms with van der Waals surface area (Å²) < 4.78 is 0. The molecule has 0 aromatic heterocycles. The maximum Gasteiger partial charge on any atom is 0.250 e. The van der Waals surface area contributed by atoms with Crippen LogP contribution < -0.4 is 26.7 Å². The maximum absolute atomic E-state index is 13.3. The Balaban J connectivity index is 0.000000402. The van der Waals surface area contributed by atoms with Crippen LogP contribution in [0.4, 0.5) is 0 Å². The van der Waals surface area contributed by atoms with Crippen LogP contribution in [0.15, 0.2) is 47.9 Å². The van der Waals surface area contributed by atoms with E-state index in [2.05, 4.69) is 32.4 Å². The second-order valence-electron chi connectivity index (χ2n) is 13.1. The van der Waals surface area contributed by atoms with E-state index < -0.39 is 11.6 Å². The third-order valence-corrected chi connectivity index (χ3v) is 10.4. The number of aliphatic hydroxyl groups is 1. The summed E-state index contributed by atoms with van der Waals surface area (Å²) in [6.07, 6.45) is 17.0. The number of nitrogens with zero attached hydrogens (tertiary/aromatic N) is 1. The van der Waals surface area contributed by atoms with E-state index in [4.69, 9.17) is 5.73 Å². The minimum atomic E-state index is -0.701. The summed E-state index contributed by atoms with van der Waals surface area (Å²) in [5.41, 5.74) is 7.37. The zero-order valence-corrected chi connectivity index (χ0v) is 28.0. The highest BCUT2D eigenvalue weighted by atomic mass is 16.3. The van der Waals surface area contributed by atoms with Crippen LogP contribution in [-0.4, -0.2) is 71.5 Å². The van der Waals surface area contributed by atoms with Gasteiger partial charge in [0.2, 0.25) is 11.7 Å². The van der Waals surface area contributed by atoms with Crippen LogP contribution in [0.3, 0.4) is 0 Å². The minimum absolute atomic E-state index is 0. The number of aliphatic hydroxyl groups excluding tert-OH is 1. The number of allylic oxidation sites excluding steroid dienone is 4. The van der Waals surface area contributed by atoms with E-state index in [-0.39, 0.29) is 37.2 Å². The first kappa shape index (κ1) is 38.1. The van der Waals surface area contributed by atoms with Gasteiger partial charge in [0.15, 0.2) is 0 Å². The Morgan fingerprint density at radius 1 is 1.18 bits per heavy atom. The van der Waals surface area contributed by atoms with Gasteiger partial charge in [0, 0.05) is 31.5 Å². The lowest BCUT2D eigenvalue weighted by atomic mass is 9.65. The summed E-state index contributed by atoms with van der Waals surface area (Å²) in [4.78, 5) is 30.2. The molecule has 0 aromatic carbocycles. The number of nitrogens with one attached hydrogen (secondary N) is 4. The maximum atomic E-state index is 13.3. The first-order chi connectivity index (χ1) is 21.0. The fourth-order valence-corrected chi connectivity index (χ4v) is 7.50. The SMILES string of the molecule is C.C=C1NCC([NH+]=C(N)CC)[C@@]2(C)[C@H](O)C(NC(=O)C3CCCC4CCCCC43)CN12.C\C=C(C)/C=C\C(=C\CC)C(=O)NC. The largest absolute Gasteiger partial charge is 0.388 e. The highest BCUT2D eigenvalue weighted by Gasteiger charge is 2.58. The summed E-state index contributed by atoms with van der Waals surface area (Å²) in [5, 5.41) is 20.6. The van der Waals surface area contributed by atoms with Crippen molar-refractivity contribution in [1.82, 2.24) is 20.9 Å². The summed E-state index contributed by atoms with van der Waals surface area (Å²) in [6.45, 7) is 15.4. The second-order valence-corrected chi connectivity index (χ2v) is 13.1. The van der Waals surface area contributed by atoms with Gasteiger partial charge in [0.25, 0.3) is 5.91 Å². The Morgan fingerprint density at radius 2 is 1.87 bits per heavy atom. The molecule has 0 bridgehead atoms. The minimum Gasteiger partial charge on any atom is -0.388 e. The van der Waals surface area contributed by atoms with Crippen LogP contribution >= 0.6 is 0 Å². The molecule has 254 valence electrons. The number of amides is 2. The number of fused-ring (bicyclic) bond motifs is 2. The second kappa shape index (κ2) is 17.6. The normalized spacial score (nSPS) is 31.9. The van der Waals surface area contributed by atoms with Crippen LogP contribution in [0.25, 0.3) is 0 Å². The molecule has 9 heteroatoms. The van der Waals surface area contributed by atoms with Crippen LogP contribution in [0.5, 0.6) is 0 Å². The highest BCUT2D eigenvalue weighted by molar-refractivity contribution is 5.96. The van der Waals surface area contributed by atoms with Crippen LogP contribution in [0.1, 0.15) is 99.8 Å². The summed E-state index contributed by atoms with van der Waals surface area (Å²) in [5.74, 6) is 2.95. The summed E-state index contributed by atoms with van der Waals surface area (Å²) in [6, 6.07) is -0.382. The fraction of sp³-hybridized carbons (Fsp3) is 0.694. The van der Waals surface area contributed by atoms with Gasteiger partial charge in [-0.05, 0) is 57.9 Å². The van der Waals surface area contributed by atoms with Gasteiger partial charge >= 0.3 is 0 Å². The smallest absolute Gasteiger partial charge is 0.250 e. The number of hydrogen-bond donors (Lipinski definition) is 6. The van der Waals surface area contributed by atoms with Gasteiger partial charge in [0.1, 0.15) is 17.7 Å². The summed E-state index contributed by atoms with van der Waals surface area (Å²) in [7, 11) is 1.64. The van der Waals surface area contributed by atoms with Crippen molar-refractivity contribution < 1.29 is 19.7 Å². The first-order valence-electron chi connectivity index (χ1n) is 16.8. The zero-order chi connectivity index (χ0) is 32.4. The van der Waals surface area contributed by atoms with Gasteiger partial charge in [-0.15, -0.1) is 0 Å². The molecule has 0 aromatic rings. The average molecular weight is 628 g/mol. The lowest BCUT2D eigenvalue weighted by molar-refractivity contribution is -0.525. The third-order valence-electron chi connectivity index (χ3n) is 10.4. The van der Waals surface area contributed by atoms with Crippen molar-refractivity contribution >= 4 is 17.6 Å². The van der Waals surface area contributed by atoms with E-state index in [0.717, 1.165) is 42.7 Å².